The van der Waals surface area contributed by atoms with Crippen LogP contribution in [0.5, 0.6) is 0 Å². The second kappa shape index (κ2) is 4.33. The molecule has 0 aliphatic carbocycles. The van der Waals surface area contributed by atoms with E-state index in [0.717, 1.165) is 31.7 Å². The average Bonchev–Trinajstić information content (AvgIpc) is 2.71. The number of pyridine rings is 1. The summed E-state index contributed by atoms with van der Waals surface area (Å²) in [5, 5.41) is 7.77. The zero-order chi connectivity index (χ0) is 11.7. The number of aromatic nitrogens is 3. The highest BCUT2D eigenvalue weighted by atomic mass is 16.5. The summed E-state index contributed by atoms with van der Waals surface area (Å²) < 4.78 is 7.13. The van der Waals surface area contributed by atoms with Crippen LogP contribution in [-0.2, 0) is 4.74 Å². The van der Waals surface area contributed by atoms with E-state index < -0.39 is 0 Å². The van der Waals surface area contributed by atoms with Crippen LogP contribution in [0.2, 0.25) is 0 Å². The predicted molar refractivity (Wildman–Crippen MR) is 65.2 cm³/mol. The van der Waals surface area contributed by atoms with Crippen molar-refractivity contribution in [2.24, 2.45) is 0 Å². The first-order valence-electron chi connectivity index (χ1n) is 5.98. The smallest absolute Gasteiger partial charge is 0.243 e. The van der Waals surface area contributed by atoms with Gasteiger partial charge in [-0.15, -0.1) is 5.10 Å². The third kappa shape index (κ3) is 2.24. The molecule has 1 fully saturated rings. The van der Waals surface area contributed by atoms with Crippen LogP contribution in [0, 0.1) is 6.92 Å². The number of nitrogens with one attached hydrogen (secondary N) is 1. The molecular formula is C12H16N4O. The maximum atomic E-state index is 5.33. The molecule has 0 aromatic carbocycles. The van der Waals surface area contributed by atoms with Gasteiger partial charge in [-0.25, -0.2) is 4.52 Å². The Morgan fingerprint density at radius 3 is 3.06 bits per heavy atom. The van der Waals surface area contributed by atoms with Crippen LogP contribution >= 0.6 is 0 Å². The molecule has 1 N–H and O–H groups in total. The molecule has 0 saturated carbocycles. The fourth-order valence-corrected chi connectivity index (χ4v) is 2.07. The minimum absolute atomic E-state index is 0.433. The first-order valence-corrected chi connectivity index (χ1v) is 5.98. The molecule has 5 heteroatoms. The number of hydrogen-bond donors (Lipinski definition) is 1. The molecule has 90 valence electrons. The molecule has 0 bridgehead atoms. The molecular weight excluding hydrogens is 216 g/mol. The van der Waals surface area contributed by atoms with Gasteiger partial charge in [-0.3, -0.25) is 0 Å². The Morgan fingerprint density at radius 2 is 2.24 bits per heavy atom. The molecule has 0 amide bonds. The second-order valence-electron chi connectivity index (χ2n) is 4.47. The quantitative estimate of drug-likeness (QED) is 0.855. The summed E-state index contributed by atoms with van der Waals surface area (Å²) >= 11 is 0. The lowest BCUT2D eigenvalue weighted by molar-refractivity contribution is 0.0903. The highest BCUT2D eigenvalue weighted by Crippen LogP contribution is 2.13. The van der Waals surface area contributed by atoms with Gasteiger partial charge in [0.05, 0.1) is 0 Å². The van der Waals surface area contributed by atoms with Crippen molar-refractivity contribution in [1.82, 2.24) is 14.6 Å². The van der Waals surface area contributed by atoms with Crippen molar-refractivity contribution in [2.75, 3.05) is 18.5 Å². The van der Waals surface area contributed by atoms with E-state index in [9.17, 15) is 0 Å². The largest absolute Gasteiger partial charge is 0.381 e. The van der Waals surface area contributed by atoms with Gasteiger partial charge in [0, 0.05) is 25.5 Å². The number of nitrogens with zero attached hydrogens (tertiary/aromatic N) is 3. The normalized spacial score (nSPS) is 17.5. The molecule has 5 nitrogen and oxygen atoms in total. The van der Waals surface area contributed by atoms with E-state index in [1.54, 1.807) is 4.52 Å². The number of fused-ring (bicyclic) bond motifs is 1. The fraction of sp³-hybridized carbons (Fsp3) is 0.500. The average molecular weight is 232 g/mol. The van der Waals surface area contributed by atoms with Gasteiger partial charge in [0.1, 0.15) is 0 Å². The van der Waals surface area contributed by atoms with Crippen molar-refractivity contribution < 1.29 is 4.74 Å². The van der Waals surface area contributed by atoms with E-state index in [0.29, 0.717) is 12.0 Å². The first kappa shape index (κ1) is 10.5. The van der Waals surface area contributed by atoms with Crippen molar-refractivity contribution >= 4 is 11.6 Å². The van der Waals surface area contributed by atoms with E-state index in [1.807, 2.05) is 18.3 Å². The summed E-state index contributed by atoms with van der Waals surface area (Å²) in [5.74, 6) is 0.711. The number of rotatable bonds is 2. The highest BCUT2D eigenvalue weighted by molar-refractivity contribution is 5.45. The summed E-state index contributed by atoms with van der Waals surface area (Å²) in [7, 11) is 0. The summed E-state index contributed by atoms with van der Waals surface area (Å²) in [5.41, 5.74) is 2.09. The maximum absolute atomic E-state index is 5.33. The summed E-state index contributed by atoms with van der Waals surface area (Å²) in [6.45, 7) is 3.70. The molecule has 1 aliphatic heterocycles. The molecule has 0 spiro atoms. The van der Waals surface area contributed by atoms with Crippen molar-refractivity contribution in [2.45, 2.75) is 25.8 Å². The van der Waals surface area contributed by atoms with Gasteiger partial charge in [-0.2, -0.15) is 4.98 Å². The monoisotopic (exact) mass is 232 g/mol. The van der Waals surface area contributed by atoms with Crippen LogP contribution in [-0.4, -0.2) is 33.9 Å². The number of ether oxygens (including phenoxy) is 1. The van der Waals surface area contributed by atoms with Gasteiger partial charge >= 0.3 is 0 Å². The van der Waals surface area contributed by atoms with Crippen LogP contribution in [0.15, 0.2) is 18.3 Å². The number of hydrogen-bond acceptors (Lipinski definition) is 4. The van der Waals surface area contributed by atoms with Gasteiger partial charge in [0.15, 0.2) is 5.65 Å². The van der Waals surface area contributed by atoms with Crippen molar-refractivity contribution in [3.8, 4) is 0 Å². The maximum Gasteiger partial charge on any atom is 0.243 e. The number of anilines is 1. The third-order valence-corrected chi connectivity index (χ3v) is 3.05. The molecule has 1 aliphatic rings. The Morgan fingerprint density at radius 1 is 1.41 bits per heavy atom. The molecule has 3 rings (SSSR count). The lowest BCUT2D eigenvalue weighted by Gasteiger charge is -2.22. The molecule has 3 heterocycles. The van der Waals surface area contributed by atoms with E-state index in [2.05, 4.69) is 22.3 Å². The predicted octanol–water partition coefficient (Wildman–Crippen LogP) is 1.63. The van der Waals surface area contributed by atoms with Gasteiger partial charge in [0.2, 0.25) is 5.95 Å². The fourth-order valence-electron chi connectivity index (χ4n) is 2.07. The topological polar surface area (TPSA) is 51.5 Å². The van der Waals surface area contributed by atoms with Crippen molar-refractivity contribution in [3.63, 3.8) is 0 Å². The Kier molecular flexibility index (Phi) is 2.68. The molecule has 1 saturated heterocycles. The SMILES string of the molecule is Cc1ccn2nc(NC3CCOCC3)nc2c1. The van der Waals surface area contributed by atoms with E-state index in [4.69, 9.17) is 4.74 Å². The van der Waals surface area contributed by atoms with Crippen LogP contribution in [0.25, 0.3) is 5.65 Å². The molecule has 2 aromatic rings. The van der Waals surface area contributed by atoms with Crippen LogP contribution < -0.4 is 5.32 Å². The van der Waals surface area contributed by atoms with Crippen molar-refractivity contribution in [3.05, 3.63) is 23.9 Å². The zero-order valence-corrected chi connectivity index (χ0v) is 9.89. The highest BCUT2D eigenvalue weighted by Gasteiger charge is 2.15. The van der Waals surface area contributed by atoms with Gasteiger partial charge in [-0.05, 0) is 37.5 Å². The van der Waals surface area contributed by atoms with Crippen molar-refractivity contribution in [1.29, 1.82) is 0 Å². The first-order chi connectivity index (χ1) is 8.31. The van der Waals surface area contributed by atoms with E-state index >= 15 is 0 Å². The Bertz CT molecular complexity index is 516. The molecule has 0 radical (unpaired) electrons. The standard InChI is InChI=1S/C12H16N4O/c1-9-2-5-16-11(8-9)14-12(15-16)13-10-3-6-17-7-4-10/h2,5,8,10H,3-4,6-7H2,1H3,(H,13,15). The minimum atomic E-state index is 0.433. The van der Waals surface area contributed by atoms with Crippen LogP contribution in [0.1, 0.15) is 18.4 Å². The minimum Gasteiger partial charge on any atom is -0.381 e. The summed E-state index contributed by atoms with van der Waals surface area (Å²) in [6, 6.07) is 4.49. The second-order valence-corrected chi connectivity index (χ2v) is 4.47. The van der Waals surface area contributed by atoms with Gasteiger partial charge in [-0.1, -0.05) is 0 Å². The molecule has 0 unspecified atom stereocenters. The lowest BCUT2D eigenvalue weighted by Crippen LogP contribution is -2.28. The van der Waals surface area contributed by atoms with Gasteiger partial charge in [0.25, 0.3) is 0 Å². The Labute approximate surface area is 99.8 Å². The van der Waals surface area contributed by atoms with Gasteiger partial charge < -0.3 is 10.1 Å². The lowest BCUT2D eigenvalue weighted by atomic mass is 10.1. The summed E-state index contributed by atoms with van der Waals surface area (Å²) in [6.07, 6.45) is 3.98. The summed E-state index contributed by atoms with van der Waals surface area (Å²) in [4.78, 5) is 4.47. The molecule has 0 atom stereocenters. The van der Waals surface area contributed by atoms with E-state index in [-0.39, 0.29) is 0 Å². The Balaban J connectivity index is 1.80. The third-order valence-electron chi connectivity index (χ3n) is 3.05. The van der Waals surface area contributed by atoms with Crippen LogP contribution in [0.4, 0.5) is 5.95 Å². The number of aryl methyl sites for hydroxylation is 1. The Hall–Kier alpha value is -1.62. The van der Waals surface area contributed by atoms with E-state index in [1.165, 1.54) is 5.56 Å². The zero-order valence-electron chi connectivity index (χ0n) is 9.89. The molecule has 17 heavy (non-hydrogen) atoms. The molecule has 2 aromatic heterocycles. The van der Waals surface area contributed by atoms with Crippen LogP contribution in [0.3, 0.4) is 0 Å².